The number of hydrogen-bond acceptors (Lipinski definition) is 1. The van der Waals surface area contributed by atoms with Crippen LogP contribution in [0.1, 0.15) is 25.7 Å². The minimum atomic E-state index is -0.230. The Morgan fingerprint density at radius 2 is 1.43 bits per heavy atom. The second-order valence-electron chi connectivity index (χ2n) is 6.26. The zero-order valence-electron chi connectivity index (χ0n) is 12.2. The van der Waals surface area contributed by atoms with E-state index >= 15 is 0 Å². The Bertz CT molecular complexity index is 714. The molecule has 1 saturated carbocycles. The third-order valence-corrected chi connectivity index (χ3v) is 4.99. The van der Waals surface area contributed by atoms with Crippen molar-refractivity contribution in [3.8, 4) is 0 Å². The van der Waals surface area contributed by atoms with Gasteiger partial charge < -0.3 is 9.67 Å². The molecule has 0 radical (unpaired) electrons. The molecule has 1 aromatic heterocycles. The van der Waals surface area contributed by atoms with Crippen LogP contribution >= 0.6 is 0 Å². The molecule has 2 aromatic carbocycles. The molecule has 1 heterocycles. The van der Waals surface area contributed by atoms with Gasteiger partial charge in [-0.05, 0) is 30.9 Å². The lowest BCUT2D eigenvalue weighted by Crippen LogP contribution is -2.23. The smallest absolute Gasteiger partial charge is 0.0747 e. The lowest BCUT2D eigenvalue weighted by molar-refractivity contribution is 0.0954. The summed E-state index contributed by atoms with van der Waals surface area (Å²) in [5.41, 5.74) is 2.46. The number of para-hydroxylation sites is 2. The fraction of sp³-hybridized carbons (Fsp3) is 0.368. The Kier molecular flexibility index (Phi) is 3.19. The summed E-state index contributed by atoms with van der Waals surface area (Å²) < 4.78 is 2.30. The molecule has 1 N–H and O–H groups in total. The Morgan fingerprint density at radius 3 is 2.00 bits per heavy atom. The average molecular weight is 279 g/mol. The summed E-state index contributed by atoms with van der Waals surface area (Å²) in [6, 6.07) is 17.0. The maximum atomic E-state index is 10.6. The van der Waals surface area contributed by atoms with Crippen LogP contribution in [0, 0.1) is 5.92 Å². The molecular formula is C19H21NO. The first-order chi connectivity index (χ1) is 10.3. The summed E-state index contributed by atoms with van der Waals surface area (Å²) in [6.45, 7) is 0.707. The summed E-state index contributed by atoms with van der Waals surface area (Å²) in [7, 11) is 0. The van der Waals surface area contributed by atoms with E-state index in [1.807, 2.05) is 0 Å². The molecule has 1 unspecified atom stereocenters. The highest BCUT2D eigenvalue weighted by Gasteiger charge is 2.24. The van der Waals surface area contributed by atoms with Crippen molar-refractivity contribution in [1.82, 2.24) is 4.57 Å². The van der Waals surface area contributed by atoms with Crippen molar-refractivity contribution in [2.45, 2.75) is 38.3 Å². The van der Waals surface area contributed by atoms with Crippen molar-refractivity contribution in [3.05, 3.63) is 48.5 Å². The molecule has 3 aromatic rings. The van der Waals surface area contributed by atoms with E-state index in [0.717, 1.165) is 0 Å². The van der Waals surface area contributed by atoms with Gasteiger partial charge in [0.25, 0.3) is 0 Å². The van der Waals surface area contributed by atoms with Crippen molar-refractivity contribution in [3.63, 3.8) is 0 Å². The largest absolute Gasteiger partial charge is 0.391 e. The van der Waals surface area contributed by atoms with Gasteiger partial charge in [-0.3, -0.25) is 0 Å². The highest BCUT2D eigenvalue weighted by molar-refractivity contribution is 6.07. The minimum absolute atomic E-state index is 0.230. The number of benzene rings is 2. The molecule has 1 atom stereocenters. The standard InChI is InChI=1S/C19H21NO/c21-19(14-7-1-2-8-14)13-20-17-11-5-3-9-15(17)16-10-4-6-12-18(16)20/h3-6,9-12,14,19,21H,1-2,7-8,13H2. The summed E-state index contributed by atoms with van der Waals surface area (Å²) >= 11 is 0. The maximum Gasteiger partial charge on any atom is 0.0747 e. The van der Waals surface area contributed by atoms with Gasteiger partial charge in [-0.1, -0.05) is 49.2 Å². The topological polar surface area (TPSA) is 25.2 Å². The third-order valence-electron chi connectivity index (χ3n) is 4.99. The van der Waals surface area contributed by atoms with Crippen molar-refractivity contribution in [2.24, 2.45) is 5.92 Å². The van der Waals surface area contributed by atoms with Crippen molar-refractivity contribution in [2.75, 3.05) is 0 Å². The van der Waals surface area contributed by atoms with E-state index in [0.29, 0.717) is 12.5 Å². The first kappa shape index (κ1) is 12.9. The number of aliphatic hydroxyl groups excluding tert-OH is 1. The summed E-state index contributed by atoms with van der Waals surface area (Å²) in [5.74, 6) is 0.477. The maximum absolute atomic E-state index is 10.6. The lowest BCUT2D eigenvalue weighted by Gasteiger charge is -2.19. The summed E-state index contributed by atoms with van der Waals surface area (Å²) in [5, 5.41) is 13.2. The fourth-order valence-electron chi connectivity index (χ4n) is 3.88. The lowest BCUT2D eigenvalue weighted by atomic mass is 10.0. The van der Waals surface area contributed by atoms with Crippen LogP contribution < -0.4 is 0 Å². The predicted molar refractivity (Wildman–Crippen MR) is 87.4 cm³/mol. The van der Waals surface area contributed by atoms with Crippen molar-refractivity contribution >= 4 is 21.8 Å². The first-order valence-electron chi connectivity index (χ1n) is 7.98. The molecule has 1 aliphatic carbocycles. The summed E-state index contributed by atoms with van der Waals surface area (Å²) in [6.07, 6.45) is 4.67. The van der Waals surface area contributed by atoms with Crippen molar-refractivity contribution < 1.29 is 5.11 Å². The monoisotopic (exact) mass is 279 g/mol. The van der Waals surface area contributed by atoms with Crippen LogP contribution in [0.3, 0.4) is 0 Å². The van der Waals surface area contributed by atoms with Gasteiger partial charge in [0.15, 0.2) is 0 Å². The zero-order chi connectivity index (χ0) is 14.2. The normalized spacial score (nSPS) is 17.8. The zero-order valence-corrected chi connectivity index (χ0v) is 12.2. The molecule has 108 valence electrons. The minimum Gasteiger partial charge on any atom is -0.391 e. The average Bonchev–Trinajstić information content (AvgIpc) is 3.15. The molecule has 0 aliphatic heterocycles. The van der Waals surface area contributed by atoms with Gasteiger partial charge in [0.1, 0.15) is 0 Å². The fourth-order valence-corrected chi connectivity index (χ4v) is 3.88. The SMILES string of the molecule is OC(Cn1c2ccccc2c2ccccc21)C1CCCC1. The molecule has 2 nitrogen and oxygen atoms in total. The highest BCUT2D eigenvalue weighted by Crippen LogP contribution is 2.32. The van der Waals surface area contributed by atoms with Gasteiger partial charge in [0.2, 0.25) is 0 Å². The van der Waals surface area contributed by atoms with E-state index in [1.165, 1.54) is 47.5 Å². The van der Waals surface area contributed by atoms with Crippen molar-refractivity contribution in [1.29, 1.82) is 0 Å². The van der Waals surface area contributed by atoms with E-state index in [1.54, 1.807) is 0 Å². The van der Waals surface area contributed by atoms with E-state index in [4.69, 9.17) is 0 Å². The van der Waals surface area contributed by atoms with Crippen LogP contribution in [0.5, 0.6) is 0 Å². The molecule has 0 amide bonds. The van der Waals surface area contributed by atoms with E-state index in [2.05, 4.69) is 53.1 Å². The van der Waals surface area contributed by atoms with Gasteiger partial charge in [0, 0.05) is 28.4 Å². The number of rotatable bonds is 3. The Balaban J connectivity index is 1.81. The van der Waals surface area contributed by atoms with Crippen LogP contribution in [0.15, 0.2) is 48.5 Å². The van der Waals surface area contributed by atoms with Gasteiger partial charge in [-0.25, -0.2) is 0 Å². The van der Waals surface area contributed by atoms with Crippen LogP contribution in [-0.4, -0.2) is 15.8 Å². The molecule has 2 heteroatoms. The molecule has 21 heavy (non-hydrogen) atoms. The quantitative estimate of drug-likeness (QED) is 0.757. The Hall–Kier alpha value is -1.80. The van der Waals surface area contributed by atoms with E-state index in [9.17, 15) is 5.11 Å². The van der Waals surface area contributed by atoms with Crippen LogP contribution in [0.2, 0.25) is 0 Å². The van der Waals surface area contributed by atoms with Crippen LogP contribution in [0.4, 0.5) is 0 Å². The van der Waals surface area contributed by atoms with Gasteiger partial charge >= 0.3 is 0 Å². The Labute approximate surface area is 125 Å². The number of nitrogens with zero attached hydrogens (tertiary/aromatic N) is 1. The molecular weight excluding hydrogens is 258 g/mol. The second kappa shape index (κ2) is 5.19. The summed E-state index contributed by atoms with van der Waals surface area (Å²) in [4.78, 5) is 0. The van der Waals surface area contributed by atoms with Gasteiger partial charge in [-0.2, -0.15) is 0 Å². The highest BCUT2D eigenvalue weighted by atomic mass is 16.3. The number of hydrogen-bond donors (Lipinski definition) is 1. The molecule has 4 rings (SSSR count). The van der Waals surface area contributed by atoms with Crippen LogP contribution in [0.25, 0.3) is 21.8 Å². The van der Waals surface area contributed by atoms with E-state index in [-0.39, 0.29) is 6.10 Å². The predicted octanol–water partition coefficient (Wildman–Crippen LogP) is 4.35. The third kappa shape index (κ3) is 2.14. The van der Waals surface area contributed by atoms with E-state index < -0.39 is 0 Å². The van der Waals surface area contributed by atoms with Gasteiger partial charge in [0.05, 0.1) is 6.10 Å². The molecule has 1 fully saturated rings. The second-order valence-corrected chi connectivity index (χ2v) is 6.26. The molecule has 0 spiro atoms. The first-order valence-corrected chi connectivity index (χ1v) is 7.98. The molecule has 1 aliphatic rings. The molecule has 0 saturated heterocycles. The molecule has 0 bridgehead atoms. The number of aliphatic hydroxyl groups is 1. The number of aromatic nitrogens is 1. The van der Waals surface area contributed by atoms with Crippen LogP contribution in [-0.2, 0) is 6.54 Å². The number of fused-ring (bicyclic) bond motifs is 3. The van der Waals surface area contributed by atoms with Gasteiger partial charge in [-0.15, -0.1) is 0 Å². The Morgan fingerprint density at radius 1 is 0.905 bits per heavy atom.